The van der Waals surface area contributed by atoms with Crippen LogP contribution in [0.25, 0.3) is 11.3 Å². The van der Waals surface area contributed by atoms with Gasteiger partial charge in [0.2, 0.25) is 5.91 Å². The van der Waals surface area contributed by atoms with Crippen molar-refractivity contribution in [1.82, 2.24) is 14.0 Å². The average Bonchev–Trinajstić information content (AvgIpc) is 3.09. The summed E-state index contributed by atoms with van der Waals surface area (Å²) < 4.78 is 19.7. The number of carbonyl (C=O) groups is 1. The highest BCUT2D eigenvalue weighted by Crippen LogP contribution is 2.66. The van der Waals surface area contributed by atoms with Crippen LogP contribution in [0.4, 0.5) is 3.89 Å². The van der Waals surface area contributed by atoms with Gasteiger partial charge < -0.3 is 4.72 Å². The Kier molecular flexibility index (Phi) is 5.07. The van der Waals surface area contributed by atoms with Gasteiger partial charge in [-0.2, -0.15) is 0 Å². The zero-order chi connectivity index (χ0) is 20.1. The number of halogens is 2. The summed E-state index contributed by atoms with van der Waals surface area (Å²) in [6.07, 6.45) is 2.82. The third-order valence-electron chi connectivity index (χ3n) is 5.15. The van der Waals surface area contributed by atoms with Gasteiger partial charge in [-0.25, -0.2) is 0 Å². The van der Waals surface area contributed by atoms with E-state index in [9.17, 15) is 4.79 Å². The fourth-order valence-corrected chi connectivity index (χ4v) is 6.94. The standard InChI is InChI=1S/C19H20ClFN4OS2/c1-11-19(27-22)28(21,24-11)25(2)18(26)14-7-12-9-15(16(20)10-13(12)8-14)17-5-3-4-6-23-17/h3-6,9-10,14,24H,7-8,22H2,1-2H3. The first kappa shape index (κ1) is 19.6. The Morgan fingerprint density at radius 1 is 1.39 bits per heavy atom. The molecule has 148 valence electrons. The molecule has 2 atom stereocenters. The molecule has 1 aliphatic heterocycles. The average molecular weight is 439 g/mol. The van der Waals surface area contributed by atoms with Crippen LogP contribution in [0.3, 0.4) is 0 Å². The smallest absolute Gasteiger partial charge is 0.237 e. The van der Waals surface area contributed by atoms with Crippen LogP contribution < -0.4 is 9.86 Å². The van der Waals surface area contributed by atoms with Crippen LogP contribution >= 0.6 is 34.3 Å². The summed E-state index contributed by atoms with van der Waals surface area (Å²) in [6, 6.07) is 9.56. The summed E-state index contributed by atoms with van der Waals surface area (Å²) in [5.74, 6) is -0.544. The van der Waals surface area contributed by atoms with Gasteiger partial charge in [0.25, 0.3) is 0 Å². The number of nitrogens with two attached hydrogens (primary N) is 1. The van der Waals surface area contributed by atoms with E-state index in [0.717, 1.165) is 34.3 Å². The number of aromatic nitrogens is 1. The van der Waals surface area contributed by atoms with Crippen molar-refractivity contribution in [2.45, 2.75) is 19.8 Å². The largest absolute Gasteiger partial charge is 0.306 e. The summed E-state index contributed by atoms with van der Waals surface area (Å²) >= 11 is 7.33. The number of pyridine rings is 1. The van der Waals surface area contributed by atoms with Crippen LogP contribution in [-0.4, -0.2) is 22.2 Å². The first-order valence-electron chi connectivity index (χ1n) is 8.74. The van der Waals surface area contributed by atoms with Crippen molar-refractivity contribution in [3.05, 3.63) is 62.6 Å². The lowest BCUT2D eigenvalue weighted by atomic mass is 10.0. The first-order chi connectivity index (χ1) is 13.3. The molecule has 2 aliphatic rings. The Bertz CT molecular complexity index is 987. The molecule has 28 heavy (non-hydrogen) atoms. The summed E-state index contributed by atoms with van der Waals surface area (Å²) in [7, 11) is -1.52. The van der Waals surface area contributed by atoms with Gasteiger partial charge in [-0.15, -0.1) is 3.89 Å². The molecule has 9 heteroatoms. The van der Waals surface area contributed by atoms with Crippen LogP contribution in [0.1, 0.15) is 18.1 Å². The molecule has 1 aromatic carbocycles. The Labute approximate surface area is 174 Å². The highest BCUT2D eigenvalue weighted by Gasteiger charge is 2.47. The maximum atomic E-state index is 15.3. The van der Waals surface area contributed by atoms with E-state index in [0.29, 0.717) is 27.8 Å². The number of fused-ring (bicyclic) bond motifs is 1. The van der Waals surface area contributed by atoms with Gasteiger partial charge in [0.15, 0.2) is 0 Å². The molecule has 0 fully saturated rings. The summed E-state index contributed by atoms with van der Waals surface area (Å²) in [4.78, 5) is 17.4. The number of amides is 1. The molecule has 2 unspecified atom stereocenters. The minimum atomic E-state index is -3.03. The van der Waals surface area contributed by atoms with Crippen molar-refractivity contribution in [3.63, 3.8) is 0 Å². The number of allylic oxidation sites excluding steroid dienone is 1. The van der Waals surface area contributed by atoms with Gasteiger partial charge >= 0.3 is 0 Å². The molecule has 1 amide bonds. The number of hydrogen-bond donors (Lipinski definition) is 2. The van der Waals surface area contributed by atoms with Crippen LogP contribution in [0.2, 0.25) is 5.02 Å². The molecular formula is C19H20ClFN4OS2. The van der Waals surface area contributed by atoms with Crippen molar-refractivity contribution >= 4 is 40.2 Å². The number of rotatable bonds is 4. The van der Waals surface area contributed by atoms with Crippen LogP contribution in [0.15, 0.2) is 46.5 Å². The third-order valence-corrected chi connectivity index (χ3v) is 9.24. The maximum absolute atomic E-state index is 15.3. The van der Waals surface area contributed by atoms with E-state index in [-0.39, 0.29) is 11.8 Å². The molecule has 0 spiro atoms. The molecule has 0 saturated heterocycles. The van der Waals surface area contributed by atoms with E-state index >= 15 is 3.89 Å². The molecule has 3 N–H and O–H groups in total. The van der Waals surface area contributed by atoms with Crippen LogP contribution in [0.5, 0.6) is 0 Å². The van der Waals surface area contributed by atoms with E-state index in [1.165, 1.54) is 11.4 Å². The fraction of sp³-hybridized carbons (Fsp3) is 0.263. The molecule has 0 radical (unpaired) electrons. The second kappa shape index (κ2) is 7.26. The fourth-order valence-electron chi connectivity index (χ4n) is 3.71. The highest BCUT2D eigenvalue weighted by atomic mass is 35.5. The van der Waals surface area contributed by atoms with Gasteiger partial charge in [0.05, 0.1) is 10.7 Å². The molecule has 2 heterocycles. The predicted molar refractivity (Wildman–Crippen MR) is 115 cm³/mol. The molecule has 5 nitrogen and oxygen atoms in total. The summed E-state index contributed by atoms with van der Waals surface area (Å²) in [6.45, 7) is 1.75. The summed E-state index contributed by atoms with van der Waals surface area (Å²) in [5, 5.41) is 6.19. The van der Waals surface area contributed by atoms with Crippen molar-refractivity contribution in [1.29, 1.82) is 0 Å². The zero-order valence-electron chi connectivity index (χ0n) is 15.4. The Morgan fingerprint density at radius 2 is 2.11 bits per heavy atom. The monoisotopic (exact) mass is 438 g/mol. The van der Waals surface area contributed by atoms with Crippen LogP contribution in [0, 0.1) is 5.92 Å². The lowest BCUT2D eigenvalue weighted by Crippen LogP contribution is -2.44. The second-order valence-electron chi connectivity index (χ2n) is 6.90. The third kappa shape index (κ3) is 3.08. The van der Waals surface area contributed by atoms with E-state index in [2.05, 4.69) is 9.71 Å². The molecule has 0 saturated carbocycles. The Hall–Kier alpha value is -1.74. The number of nitrogens with zero attached hydrogens (tertiary/aromatic N) is 2. The van der Waals surface area contributed by atoms with Crippen molar-refractivity contribution in [2.75, 3.05) is 7.05 Å². The van der Waals surface area contributed by atoms with E-state index in [4.69, 9.17) is 16.7 Å². The highest BCUT2D eigenvalue weighted by molar-refractivity contribution is 8.39. The van der Waals surface area contributed by atoms with Crippen LogP contribution in [-0.2, 0) is 17.6 Å². The van der Waals surface area contributed by atoms with Crippen molar-refractivity contribution in [2.24, 2.45) is 11.1 Å². The molecule has 0 bridgehead atoms. The number of nitrogens with one attached hydrogen (secondary N) is 1. The van der Waals surface area contributed by atoms with Gasteiger partial charge in [0, 0.05) is 30.4 Å². The van der Waals surface area contributed by atoms with E-state index < -0.39 is 10.8 Å². The first-order valence-corrected chi connectivity index (χ1v) is 11.5. The van der Waals surface area contributed by atoms with Crippen molar-refractivity contribution < 1.29 is 8.68 Å². The maximum Gasteiger partial charge on any atom is 0.237 e. The number of carbonyl (C=O) groups excluding carboxylic acids is 1. The number of hydrogen-bond acceptors (Lipinski definition) is 5. The normalized spacial score (nSPS) is 25.4. The van der Waals surface area contributed by atoms with Gasteiger partial charge in [-0.3, -0.25) is 19.2 Å². The minimum absolute atomic E-state index is 0.226. The molecule has 4 rings (SSSR count). The SMILES string of the molecule is CC1=C(SN)S(F)(N(C)C(=O)C2Cc3cc(Cl)c(-c4ccccn4)cc3C2)N1. The molecule has 1 aromatic heterocycles. The van der Waals surface area contributed by atoms with E-state index in [1.807, 2.05) is 30.3 Å². The predicted octanol–water partition coefficient (Wildman–Crippen LogP) is 4.49. The molecule has 1 aliphatic carbocycles. The molecular weight excluding hydrogens is 419 g/mol. The lowest BCUT2D eigenvalue weighted by Gasteiger charge is -2.48. The van der Waals surface area contributed by atoms with Gasteiger partial charge in [-0.05, 0) is 67.1 Å². The quantitative estimate of drug-likeness (QED) is 0.688. The summed E-state index contributed by atoms with van der Waals surface area (Å²) in [5.41, 5.74) is 4.41. The molecule has 2 aromatic rings. The minimum Gasteiger partial charge on any atom is -0.306 e. The Balaban J connectivity index is 1.56. The second-order valence-corrected chi connectivity index (χ2v) is 10.4. The van der Waals surface area contributed by atoms with Crippen molar-refractivity contribution in [3.8, 4) is 11.3 Å². The van der Waals surface area contributed by atoms with Gasteiger partial charge in [-0.1, -0.05) is 17.7 Å². The topological polar surface area (TPSA) is 71.2 Å². The Morgan fingerprint density at radius 3 is 2.71 bits per heavy atom. The number of benzene rings is 1. The lowest BCUT2D eigenvalue weighted by molar-refractivity contribution is -0.129. The van der Waals surface area contributed by atoms with E-state index in [1.54, 1.807) is 13.1 Å². The zero-order valence-corrected chi connectivity index (χ0v) is 17.8. The van der Waals surface area contributed by atoms with Gasteiger partial charge in [0.1, 0.15) is 15.0 Å².